The third kappa shape index (κ3) is 1.49. The van der Waals surface area contributed by atoms with Gasteiger partial charge >= 0.3 is 0 Å². The molecule has 0 amide bonds. The number of hydrogen-bond donors (Lipinski definition) is 1. The van der Waals surface area contributed by atoms with Crippen molar-refractivity contribution in [2.75, 3.05) is 11.4 Å². The van der Waals surface area contributed by atoms with Crippen molar-refractivity contribution in [1.29, 1.82) is 0 Å². The van der Waals surface area contributed by atoms with Gasteiger partial charge in [0.2, 0.25) is 0 Å². The first-order valence-corrected chi connectivity index (χ1v) is 4.86. The van der Waals surface area contributed by atoms with Crippen molar-refractivity contribution in [1.82, 2.24) is 0 Å². The molecule has 1 aliphatic heterocycles. The first kappa shape index (κ1) is 10.4. The number of benzene rings is 1. The van der Waals surface area contributed by atoms with Crippen LogP contribution in [0.1, 0.15) is 18.1 Å². The summed E-state index contributed by atoms with van der Waals surface area (Å²) in [5.41, 5.74) is 1.06. The summed E-state index contributed by atoms with van der Waals surface area (Å²) in [7, 11) is 0. The molecule has 1 aromatic carbocycles. The number of alkyl halides is 2. The zero-order valence-electron chi connectivity index (χ0n) is 8.67. The smallest absolute Gasteiger partial charge is 0.292 e. The van der Waals surface area contributed by atoms with Crippen molar-refractivity contribution in [2.24, 2.45) is 0 Å². The Morgan fingerprint density at radius 1 is 1.47 bits per heavy atom. The first-order valence-electron chi connectivity index (χ1n) is 4.86. The Hall–Kier alpha value is -1.16. The fourth-order valence-corrected chi connectivity index (χ4v) is 2.08. The van der Waals surface area contributed by atoms with Crippen LogP contribution in [0.2, 0.25) is 0 Å². The Bertz CT molecular complexity index is 390. The van der Waals surface area contributed by atoms with E-state index in [0.717, 1.165) is 0 Å². The van der Waals surface area contributed by atoms with Gasteiger partial charge < -0.3 is 10.0 Å². The molecular weight excluding hydrogens is 200 g/mol. The van der Waals surface area contributed by atoms with Gasteiger partial charge in [-0.25, -0.2) is 0 Å². The molecule has 1 atom stereocenters. The van der Waals surface area contributed by atoms with E-state index < -0.39 is 18.7 Å². The number of aliphatic hydroxyl groups is 1. The van der Waals surface area contributed by atoms with E-state index in [1.54, 1.807) is 25.1 Å². The van der Waals surface area contributed by atoms with Crippen LogP contribution in [0.4, 0.5) is 14.5 Å². The van der Waals surface area contributed by atoms with Crippen molar-refractivity contribution in [3.05, 3.63) is 29.3 Å². The predicted octanol–water partition coefficient (Wildman–Crippen LogP) is 2.25. The molecule has 2 rings (SSSR count). The van der Waals surface area contributed by atoms with E-state index in [1.807, 2.05) is 0 Å². The van der Waals surface area contributed by atoms with Gasteiger partial charge in [0, 0.05) is 11.3 Å². The third-order valence-electron chi connectivity index (χ3n) is 2.75. The molecule has 0 spiro atoms. The summed E-state index contributed by atoms with van der Waals surface area (Å²) in [4.78, 5) is 1.32. The van der Waals surface area contributed by atoms with Crippen LogP contribution < -0.4 is 4.90 Å². The molecule has 0 radical (unpaired) electrons. The van der Waals surface area contributed by atoms with Crippen LogP contribution in [0, 0.1) is 6.92 Å². The lowest BCUT2D eigenvalue weighted by molar-refractivity contribution is 0.00705. The molecule has 0 saturated heterocycles. The molecule has 15 heavy (non-hydrogen) atoms. The summed E-state index contributed by atoms with van der Waals surface area (Å²) < 4.78 is 27.3. The van der Waals surface area contributed by atoms with E-state index in [4.69, 9.17) is 0 Å². The van der Waals surface area contributed by atoms with Crippen LogP contribution in [-0.4, -0.2) is 17.9 Å². The van der Waals surface area contributed by atoms with E-state index in [-0.39, 0.29) is 5.56 Å². The summed E-state index contributed by atoms with van der Waals surface area (Å²) in [5.74, 6) is -2.86. The second-order valence-corrected chi connectivity index (χ2v) is 3.93. The number of fused-ring (bicyclic) bond motifs is 1. The van der Waals surface area contributed by atoms with Crippen LogP contribution >= 0.6 is 0 Å². The number of halogens is 2. The van der Waals surface area contributed by atoms with Crippen molar-refractivity contribution < 1.29 is 13.9 Å². The quantitative estimate of drug-likeness (QED) is 0.773. The van der Waals surface area contributed by atoms with E-state index in [2.05, 4.69) is 0 Å². The van der Waals surface area contributed by atoms with Gasteiger partial charge in [0.05, 0.1) is 6.54 Å². The minimum atomic E-state index is -2.86. The summed E-state index contributed by atoms with van der Waals surface area (Å²) >= 11 is 0. The van der Waals surface area contributed by atoms with Gasteiger partial charge in [0.1, 0.15) is 6.23 Å². The Morgan fingerprint density at radius 2 is 2.13 bits per heavy atom. The number of aliphatic hydroxyl groups excluding tert-OH is 1. The second kappa shape index (κ2) is 3.17. The van der Waals surface area contributed by atoms with Crippen molar-refractivity contribution in [2.45, 2.75) is 26.0 Å². The fraction of sp³-hybridized carbons (Fsp3) is 0.455. The maximum atomic E-state index is 13.7. The predicted molar refractivity (Wildman–Crippen MR) is 54.1 cm³/mol. The minimum absolute atomic E-state index is 0.0471. The molecule has 4 heteroatoms. The molecule has 0 saturated carbocycles. The molecule has 1 N–H and O–H groups in total. The molecule has 1 heterocycles. The number of nitrogens with zero attached hydrogens (tertiary/aromatic N) is 1. The maximum Gasteiger partial charge on any atom is 0.292 e. The highest BCUT2D eigenvalue weighted by molar-refractivity contribution is 5.63. The SMILES string of the molecule is Cc1cccc2c1C(F)(F)CN2C(C)O. The van der Waals surface area contributed by atoms with Crippen molar-refractivity contribution >= 4 is 5.69 Å². The highest BCUT2D eigenvalue weighted by atomic mass is 19.3. The molecule has 1 unspecified atom stereocenters. The maximum absolute atomic E-state index is 13.7. The van der Waals surface area contributed by atoms with Gasteiger partial charge in [-0.2, -0.15) is 8.78 Å². The highest BCUT2D eigenvalue weighted by Crippen LogP contribution is 2.45. The Labute approximate surface area is 87.1 Å². The van der Waals surface area contributed by atoms with E-state index in [0.29, 0.717) is 11.3 Å². The number of rotatable bonds is 1. The number of aryl methyl sites for hydroxylation is 1. The van der Waals surface area contributed by atoms with Crippen molar-refractivity contribution in [3.8, 4) is 0 Å². The van der Waals surface area contributed by atoms with Gasteiger partial charge in [-0.15, -0.1) is 0 Å². The average Bonchev–Trinajstić information content (AvgIpc) is 2.39. The Kier molecular flexibility index (Phi) is 2.19. The standard InChI is InChI=1S/C11H13F2NO/c1-7-4-3-5-9-10(7)11(12,13)6-14(9)8(2)15/h3-5,8,15H,6H2,1-2H3. The van der Waals surface area contributed by atoms with Crippen LogP contribution in [0.3, 0.4) is 0 Å². The lowest BCUT2D eigenvalue weighted by Crippen LogP contribution is -2.34. The van der Waals surface area contributed by atoms with E-state index in [1.165, 1.54) is 11.8 Å². The Morgan fingerprint density at radius 3 is 2.73 bits per heavy atom. The van der Waals surface area contributed by atoms with Gasteiger partial charge in [-0.1, -0.05) is 12.1 Å². The third-order valence-corrected chi connectivity index (χ3v) is 2.75. The normalized spacial score (nSPS) is 20.2. The van der Waals surface area contributed by atoms with Crippen LogP contribution in [0.5, 0.6) is 0 Å². The topological polar surface area (TPSA) is 23.5 Å². The van der Waals surface area contributed by atoms with Crippen LogP contribution in [0.25, 0.3) is 0 Å². The van der Waals surface area contributed by atoms with E-state index in [9.17, 15) is 13.9 Å². The van der Waals surface area contributed by atoms with Gasteiger partial charge in [-0.3, -0.25) is 0 Å². The average molecular weight is 213 g/mol. The van der Waals surface area contributed by atoms with Gasteiger partial charge in [0.15, 0.2) is 0 Å². The van der Waals surface area contributed by atoms with Crippen LogP contribution in [-0.2, 0) is 5.92 Å². The zero-order chi connectivity index (χ0) is 11.2. The minimum Gasteiger partial charge on any atom is -0.374 e. The molecule has 0 aromatic heterocycles. The molecule has 0 bridgehead atoms. The number of hydrogen-bond acceptors (Lipinski definition) is 2. The monoisotopic (exact) mass is 213 g/mol. The lowest BCUT2D eigenvalue weighted by atomic mass is 10.0. The van der Waals surface area contributed by atoms with Gasteiger partial charge in [0.25, 0.3) is 5.92 Å². The molecule has 2 nitrogen and oxygen atoms in total. The molecule has 82 valence electrons. The lowest BCUT2D eigenvalue weighted by Gasteiger charge is -2.22. The summed E-state index contributed by atoms with van der Waals surface area (Å²) in [6.07, 6.45) is -0.890. The molecule has 1 aliphatic rings. The molecule has 1 aromatic rings. The molecule has 0 aliphatic carbocycles. The summed E-state index contributed by atoms with van der Waals surface area (Å²) in [5, 5.41) is 9.41. The Balaban J connectivity index is 2.58. The molecular formula is C11H13F2NO. The van der Waals surface area contributed by atoms with Crippen molar-refractivity contribution in [3.63, 3.8) is 0 Å². The first-order chi connectivity index (χ1) is 6.93. The summed E-state index contributed by atoms with van der Waals surface area (Å²) in [6, 6.07) is 5.01. The largest absolute Gasteiger partial charge is 0.374 e. The fourth-order valence-electron chi connectivity index (χ4n) is 2.08. The molecule has 0 fully saturated rings. The van der Waals surface area contributed by atoms with E-state index >= 15 is 0 Å². The zero-order valence-corrected chi connectivity index (χ0v) is 8.67. The highest BCUT2D eigenvalue weighted by Gasteiger charge is 2.45. The summed E-state index contributed by atoms with van der Waals surface area (Å²) in [6.45, 7) is 2.72. The van der Waals surface area contributed by atoms with Gasteiger partial charge in [-0.05, 0) is 25.5 Å². The second-order valence-electron chi connectivity index (χ2n) is 3.93. The van der Waals surface area contributed by atoms with Crippen LogP contribution in [0.15, 0.2) is 18.2 Å². The number of anilines is 1.